The number of hydrogen-bond acceptors (Lipinski definition) is 4. The highest BCUT2D eigenvalue weighted by atomic mass is 127. The average molecular weight is 363 g/mol. The molecule has 98 valence electrons. The van der Waals surface area contributed by atoms with E-state index in [1.54, 1.807) is 13.8 Å². The third-order valence-corrected chi connectivity index (χ3v) is 3.01. The van der Waals surface area contributed by atoms with E-state index in [9.17, 15) is 14.9 Å². The zero-order valence-electron chi connectivity index (χ0n) is 10.1. The van der Waals surface area contributed by atoms with Crippen LogP contribution in [0.15, 0.2) is 18.2 Å². The van der Waals surface area contributed by atoms with E-state index in [2.05, 4.69) is 5.32 Å². The molecule has 0 radical (unpaired) electrons. The minimum absolute atomic E-state index is 0.0323. The Morgan fingerprint density at radius 1 is 1.56 bits per heavy atom. The fourth-order valence-corrected chi connectivity index (χ4v) is 1.95. The number of halogens is 1. The maximum absolute atomic E-state index is 11.9. The molecule has 1 aromatic rings. The molecule has 6 nitrogen and oxygen atoms in total. The molecule has 0 aromatic heterocycles. The van der Waals surface area contributed by atoms with Crippen molar-refractivity contribution in [3.05, 3.63) is 37.4 Å². The number of hydrogen-bond donors (Lipinski definition) is 2. The standard InChI is InChI=1S/C11H14IN3O3/c1-11(2,13)6-14-10(16)8-4-3-7(15(17)18)5-9(8)12/h3-5H,6,13H2,1-2H3,(H,14,16). The van der Waals surface area contributed by atoms with Gasteiger partial charge < -0.3 is 11.1 Å². The zero-order chi connectivity index (χ0) is 13.9. The molecular weight excluding hydrogens is 349 g/mol. The van der Waals surface area contributed by atoms with Crippen LogP contribution < -0.4 is 11.1 Å². The van der Waals surface area contributed by atoms with Crippen LogP contribution in [0.5, 0.6) is 0 Å². The Bertz CT molecular complexity index is 483. The number of nitrogens with one attached hydrogen (secondary N) is 1. The number of rotatable bonds is 4. The third-order valence-electron chi connectivity index (χ3n) is 2.11. The van der Waals surface area contributed by atoms with Crippen molar-refractivity contribution < 1.29 is 9.72 Å². The van der Waals surface area contributed by atoms with E-state index < -0.39 is 10.5 Å². The molecule has 7 heteroatoms. The van der Waals surface area contributed by atoms with Gasteiger partial charge in [-0.05, 0) is 42.5 Å². The summed E-state index contributed by atoms with van der Waals surface area (Å²) in [6.07, 6.45) is 0. The molecule has 0 aliphatic rings. The molecule has 18 heavy (non-hydrogen) atoms. The normalized spacial score (nSPS) is 11.1. The number of nitrogens with two attached hydrogens (primary N) is 1. The van der Waals surface area contributed by atoms with Crippen molar-refractivity contribution in [2.24, 2.45) is 5.73 Å². The molecule has 1 rings (SSSR count). The molecule has 0 atom stereocenters. The number of carbonyl (C=O) groups excluding carboxylic acids is 1. The minimum Gasteiger partial charge on any atom is -0.350 e. The van der Waals surface area contributed by atoms with Gasteiger partial charge in [-0.1, -0.05) is 0 Å². The summed E-state index contributed by atoms with van der Waals surface area (Å²) in [4.78, 5) is 21.9. The first-order valence-electron chi connectivity index (χ1n) is 5.22. The first kappa shape index (κ1) is 14.8. The second kappa shape index (κ2) is 5.61. The summed E-state index contributed by atoms with van der Waals surface area (Å²) in [6, 6.07) is 4.12. The predicted octanol–water partition coefficient (Wildman–Crippen LogP) is 1.67. The lowest BCUT2D eigenvalue weighted by molar-refractivity contribution is -0.384. The highest BCUT2D eigenvalue weighted by molar-refractivity contribution is 14.1. The van der Waals surface area contributed by atoms with Crippen LogP contribution in [-0.4, -0.2) is 22.9 Å². The van der Waals surface area contributed by atoms with Gasteiger partial charge in [0.05, 0.1) is 10.5 Å². The number of non-ortho nitro benzene ring substituents is 1. The first-order chi connectivity index (χ1) is 8.20. The number of nitrogens with zero attached hydrogens (tertiary/aromatic N) is 1. The fourth-order valence-electron chi connectivity index (χ4n) is 1.21. The van der Waals surface area contributed by atoms with Crippen LogP contribution in [0.4, 0.5) is 5.69 Å². The first-order valence-corrected chi connectivity index (χ1v) is 6.29. The van der Waals surface area contributed by atoms with E-state index in [4.69, 9.17) is 5.73 Å². The maximum atomic E-state index is 11.9. The lowest BCUT2D eigenvalue weighted by Crippen LogP contribution is -2.45. The number of benzene rings is 1. The summed E-state index contributed by atoms with van der Waals surface area (Å²) in [5.41, 5.74) is 5.64. The van der Waals surface area contributed by atoms with Gasteiger partial charge in [-0.25, -0.2) is 0 Å². The van der Waals surface area contributed by atoms with Gasteiger partial charge in [0.1, 0.15) is 0 Å². The predicted molar refractivity (Wildman–Crippen MR) is 76.4 cm³/mol. The monoisotopic (exact) mass is 363 g/mol. The van der Waals surface area contributed by atoms with Gasteiger partial charge in [-0.15, -0.1) is 0 Å². The van der Waals surface area contributed by atoms with Gasteiger partial charge in [-0.3, -0.25) is 14.9 Å². The summed E-state index contributed by atoms with van der Waals surface area (Å²) in [5, 5.41) is 13.3. The lowest BCUT2D eigenvalue weighted by atomic mass is 10.1. The molecule has 0 aliphatic heterocycles. The molecule has 0 aliphatic carbocycles. The van der Waals surface area contributed by atoms with Crippen LogP contribution in [0.25, 0.3) is 0 Å². The van der Waals surface area contributed by atoms with E-state index in [0.29, 0.717) is 15.7 Å². The Kier molecular flexibility index (Phi) is 4.63. The SMILES string of the molecule is CC(C)(N)CNC(=O)c1ccc([N+](=O)[O-])cc1I. The van der Waals surface area contributed by atoms with Crippen LogP contribution in [0.2, 0.25) is 0 Å². The third kappa shape index (κ3) is 4.22. The van der Waals surface area contributed by atoms with Crippen LogP contribution in [0, 0.1) is 13.7 Å². The van der Waals surface area contributed by atoms with Crippen molar-refractivity contribution in [1.29, 1.82) is 0 Å². The van der Waals surface area contributed by atoms with Crippen molar-refractivity contribution in [1.82, 2.24) is 5.32 Å². The molecule has 0 saturated carbocycles. The lowest BCUT2D eigenvalue weighted by Gasteiger charge is -2.19. The molecule has 0 bridgehead atoms. The van der Waals surface area contributed by atoms with Crippen molar-refractivity contribution in [3.63, 3.8) is 0 Å². The number of carbonyl (C=O) groups is 1. The highest BCUT2D eigenvalue weighted by Gasteiger charge is 2.17. The average Bonchev–Trinajstić information content (AvgIpc) is 2.24. The van der Waals surface area contributed by atoms with E-state index in [1.165, 1.54) is 18.2 Å². The molecule has 1 aromatic carbocycles. The second-order valence-electron chi connectivity index (χ2n) is 4.59. The van der Waals surface area contributed by atoms with Crippen molar-refractivity contribution in [2.75, 3.05) is 6.54 Å². The quantitative estimate of drug-likeness (QED) is 0.483. The van der Waals surface area contributed by atoms with Crippen molar-refractivity contribution in [2.45, 2.75) is 19.4 Å². The fraction of sp³-hybridized carbons (Fsp3) is 0.364. The van der Waals surface area contributed by atoms with E-state index in [-0.39, 0.29) is 11.6 Å². The summed E-state index contributed by atoms with van der Waals surface area (Å²) in [7, 11) is 0. The molecule has 1 amide bonds. The van der Waals surface area contributed by atoms with Crippen LogP contribution in [-0.2, 0) is 0 Å². The van der Waals surface area contributed by atoms with Gasteiger partial charge in [0.25, 0.3) is 11.6 Å². The van der Waals surface area contributed by atoms with Gasteiger partial charge >= 0.3 is 0 Å². The van der Waals surface area contributed by atoms with Crippen LogP contribution in [0.3, 0.4) is 0 Å². The molecule has 0 saturated heterocycles. The zero-order valence-corrected chi connectivity index (χ0v) is 12.2. The summed E-state index contributed by atoms with van der Waals surface area (Å²) in [5.74, 6) is -0.284. The van der Waals surface area contributed by atoms with E-state index in [0.717, 1.165) is 0 Å². The van der Waals surface area contributed by atoms with E-state index >= 15 is 0 Å². The molecule has 0 unspecified atom stereocenters. The summed E-state index contributed by atoms with van der Waals surface area (Å²) in [6.45, 7) is 3.93. The molecule has 0 spiro atoms. The molecular formula is C11H14IN3O3. The number of amides is 1. The summed E-state index contributed by atoms with van der Waals surface area (Å²) < 4.78 is 0.536. The van der Waals surface area contributed by atoms with E-state index in [1.807, 2.05) is 22.6 Å². The molecule has 0 heterocycles. The summed E-state index contributed by atoms with van der Waals surface area (Å²) >= 11 is 1.90. The van der Waals surface area contributed by atoms with Crippen molar-refractivity contribution in [3.8, 4) is 0 Å². The molecule has 0 fully saturated rings. The van der Waals surface area contributed by atoms with Gasteiger partial charge in [0.15, 0.2) is 0 Å². The second-order valence-corrected chi connectivity index (χ2v) is 5.75. The Labute approximate surface area is 118 Å². The Balaban J connectivity index is 2.84. The van der Waals surface area contributed by atoms with Crippen molar-refractivity contribution >= 4 is 34.2 Å². The van der Waals surface area contributed by atoms with Gasteiger partial charge in [-0.2, -0.15) is 0 Å². The Morgan fingerprint density at radius 2 is 2.17 bits per heavy atom. The smallest absolute Gasteiger partial charge is 0.270 e. The minimum atomic E-state index is -0.498. The van der Waals surface area contributed by atoms with Gasteiger partial charge in [0, 0.05) is 27.8 Å². The Morgan fingerprint density at radius 3 is 2.61 bits per heavy atom. The maximum Gasteiger partial charge on any atom is 0.270 e. The Hall–Kier alpha value is -1.22. The van der Waals surface area contributed by atoms with Crippen LogP contribution in [0.1, 0.15) is 24.2 Å². The largest absolute Gasteiger partial charge is 0.350 e. The number of nitro benzene ring substituents is 1. The highest BCUT2D eigenvalue weighted by Crippen LogP contribution is 2.19. The molecule has 3 N–H and O–H groups in total. The topological polar surface area (TPSA) is 98.3 Å². The van der Waals surface area contributed by atoms with Gasteiger partial charge in [0.2, 0.25) is 0 Å². The number of nitro groups is 1. The van der Waals surface area contributed by atoms with Crippen LogP contribution >= 0.6 is 22.6 Å².